The van der Waals surface area contributed by atoms with E-state index >= 15 is 0 Å². The van der Waals surface area contributed by atoms with E-state index in [1.54, 1.807) is 31.4 Å². The highest BCUT2D eigenvalue weighted by Crippen LogP contribution is 2.33. The number of thiophene rings is 1. The van der Waals surface area contributed by atoms with Crippen LogP contribution in [-0.4, -0.2) is 26.7 Å². The van der Waals surface area contributed by atoms with Crippen molar-refractivity contribution in [1.29, 1.82) is 0 Å². The van der Waals surface area contributed by atoms with Crippen LogP contribution in [0.5, 0.6) is 0 Å². The van der Waals surface area contributed by atoms with E-state index in [4.69, 9.17) is 4.74 Å². The van der Waals surface area contributed by atoms with Gasteiger partial charge in [-0.2, -0.15) is 15.0 Å². The molecule has 7 heteroatoms. The quantitative estimate of drug-likeness (QED) is 0.761. The molecule has 0 fully saturated rings. The summed E-state index contributed by atoms with van der Waals surface area (Å²) >= 11 is 1.78. The van der Waals surface area contributed by atoms with Gasteiger partial charge in [-0.3, -0.25) is 0 Å². The Hall–Kier alpha value is -2.09. The number of nitrogens with zero attached hydrogens (tertiary/aromatic N) is 3. The molecular weight excluding hydrogens is 353 g/mol. The van der Waals surface area contributed by atoms with Crippen molar-refractivity contribution < 1.29 is 14.2 Å². The number of aliphatic hydroxyl groups excluding tert-OH is 1. The monoisotopic (exact) mass is 373 g/mol. The lowest BCUT2D eigenvalue weighted by Gasteiger charge is -2.11. The highest BCUT2D eigenvalue weighted by atomic mass is 32.1. The van der Waals surface area contributed by atoms with Gasteiger partial charge in [0, 0.05) is 35.2 Å². The zero-order chi connectivity index (χ0) is 18.3. The fraction of sp³-hybridized carbons (Fsp3) is 0.368. The standard InChI is InChI=1S/C19H20FN3O2S/c1-11(24)15-4-3-13(20)8-16(15)19-17(21-23(2)22-19)9-14-7-12-10-25-6-5-18(12)26-14/h3-4,7-8,11,24H,5-6,9-10H2,1-2H3/t11-/m1/s1. The number of ether oxygens (including phenoxy) is 1. The summed E-state index contributed by atoms with van der Waals surface area (Å²) in [5.74, 6) is -0.357. The molecule has 0 bridgehead atoms. The molecule has 1 atom stereocenters. The molecule has 3 aromatic rings. The molecular formula is C19H20FN3O2S. The summed E-state index contributed by atoms with van der Waals surface area (Å²) in [6.07, 6.45) is 0.853. The molecule has 1 aliphatic heterocycles. The van der Waals surface area contributed by atoms with Gasteiger partial charge in [0.15, 0.2) is 0 Å². The number of rotatable bonds is 4. The van der Waals surface area contributed by atoms with Gasteiger partial charge >= 0.3 is 0 Å². The van der Waals surface area contributed by atoms with Crippen LogP contribution in [0.4, 0.5) is 4.39 Å². The highest BCUT2D eigenvalue weighted by molar-refractivity contribution is 7.12. The van der Waals surface area contributed by atoms with Gasteiger partial charge in [-0.15, -0.1) is 11.3 Å². The zero-order valence-corrected chi connectivity index (χ0v) is 15.5. The maximum atomic E-state index is 13.9. The third kappa shape index (κ3) is 3.30. The van der Waals surface area contributed by atoms with Crippen LogP contribution < -0.4 is 0 Å². The molecule has 0 unspecified atom stereocenters. The first kappa shape index (κ1) is 17.3. The van der Waals surface area contributed by atoms with Crippen LogP contribution >= 0.6 is 11.3 Å². The Kier molecular flexibility index (Phi) is 4.60. The van der Waals surface area contributed by atoms with Crippen LogP contribution in [0, 0.1) is 5.82 Å². The molecule has 5 nitrogen and oxygen atoms in total. The van der Waals surface area contributed by atoms with Crippen LogP contribution in [0.25, 0.3) is 11.3 Å². The lowest BCUT2D eigenvalue weighted by Crippen LogP contribution is -2.05. The maximum absolute atomic E-state index is 13.9. The molecule has 0 radical (unpaired) electrons. The molecule has 0 aliphatic carbocycles. The van der Waals surface area contributed by atoms with Crippen molar-refractivity contribution in [2.24, 2.45) is 7.05 Å². The summed E-state index contributed by atoms with van der Waals surface area (Å²) in [6, 6.07) is 6.55. The molecule has 0 amide bonds. The summed E-state index contributed by atoms with van der Waals surface area (Å²) in [5, 5.41) is 19.0. The molecule has 0 saturated carbocycles. The molecule has 3 heterocycles. The van der Waals surface area contributed by atoms with Crippen LogP contribution in [0.1, 0.15) is 39.6 Å². The van der Waals surface area contributed by atoms with Gasteiger partial charge in [-0.1, -0.05) is 6.07 Å². The Bertz CT molecular complexity index is 925. The number of fused-ring (bicyclic) bond motifs is 1. The molecule has 0 spiro atoms. The molecule has 4 rings (SSSR count). The number of aliphatic hydroxyl groups is 1. The van der Waals surface area contributed by atoms with Crippen LogP contribution in [-0.2, 0) is 31.2 Å². The third-order valence-corrected chi connectivity index (χ3v) is 5.76. The number of hydrogen-bond acceptors (Lipinski definition) is 5. The largest absolute Gasteiger partial charge is 0.389 e. The number of aryl methyl sites for hydroxylation is 1. The third-order valence-electron chi connectivity index (χ3n) is 4.52. The summed E-state index contributed by atoms with van der Waals surface area (Å²) in [5.41, 5.74) is 3.88. The molecule has 0 saturated heterocycles. The van der Waals surface area contributed by atoms with Crippen molar-refractivity contribution in [3.63, 3.8) is 0 Å². The van der Waals surface area contributed by atoms with E-state index in [9.17, 15) is 9.50 Å². The van der Waals surface area contributed by atoms with Gasteiger partial charge < -0.3 is 9.84 Å². The molecule has 2 aromatic heterocycles. The second-order valence-corrected chi connectivity index (χ2v) is 7.75. The van der Waals surface area contributed by atoms with Crippen molar-refractivity contribution in [3.8, 4) is 11.3 Å². The summed E-state index contributed by atoms with van der Waals surface area (Å²) < 4.78 is 19.4. The zero-order valence-electron chi connectivity index (χ0n) is 14.7. The van der Waals surface area contributed by atoms with Crippen LogP contribution in [0.3, 0.4) is 0 Å². The van der Waals surface area contributed by atoms with Crippen molar-refractivity contribution in [2.45, 2.75) is 32.5 Å². The van der Waals surface area contributed by atoms with E-state index in [0.717, 1.165) is 18.7 Å². The lowest BCUT2D eigenvalue weighted by molar-refractivity contribution is 0.112. The molecule has 26 heavy (non-hydrogen) atoms. The fourth-order valence-electron chi connectivity index (χ4n) is 3.33. The number of benzene rings is 1. The fourth-order valence-corrected chi connectivity index (χ4v) is 4.50. The molecule has 1 aromatic carbocycles. The van der Waals surface area contributed by atoms with Gasteiger partial charge in [-0.05, 0) is 36.2 Å². The molecule has 1 aliphatic rings. The molecule has 1 N–H and O–H groups in total. The average Bonchev–Trinajstić information content (AvgIpc) is 3.17. The van der Waals surface area contributed by atoms with E-state index in [1.165, 1.54) is 32.2 Å². The second-order valence-electron chi connectivity index (χ2n) is 6.53. The first-order valence-electron chi connectivity index (χ1n) is 8.57. The second kappa shape index (κ2) is 6.90. The Morgan fingerprint density at radius 1 is 1.35 bits per heavy atom. The Labute approximate surface area is 155 Å². The summed E-state index contributed by atoms with van der Waals surface area (Å²) in [6.45, 7) is 3.10. The van der Waals surface area contributed by atoms with Gasteiger partial charge in [0.2, 0.25) is 0 Å². The first-order chi connectivity index (χ1) is 12.5. The summed E-state index contributed by atoms with van der Waals surface area (Å²) in [7, 11) is 1.75. The van der Waals surface area contributed by atoms with Gasteiger partial charge in [0.1, 0.15) is 11.5 Å². The minimum atomic E-state index is -0.716. The van der Waals surface area contributed by atoms with E-state index < -0.39 is 6.10 Å². The summed E-state index contributed by atoms with van der Waals surface area (Å²) in [4.78, 5) is 4.06. The smallest absolute Gasteiger partial charge is 0.123 e. The van der Waals surface area contributed by atoms with Gasteiger partial charge in [0.25, 0.3) is 0 Å². The van der Waals surface area contributed by atoms with E-state index in [2.05, 4.69) is 16.3 Å². The van der Waals surface area contributed by atoms with Crippen LogP contribution in [0.2, 0.25) is 0 Å². The predicted octanol–water partition coefficient (Wildman–Crippen LogP) is 3.40. The average molecular weight is 373 g/mol. The Morgan fingerprint density at radius 3 is 2.96 bits per heavy atom. The van der Waals surface area contributed by atoms with Crippen molar-refractivity contribution >= 4 is 11.3 Å². The van der Waals surface area contributed by atoms with Gasteiger partial charge in [0.05, 0.1) is 25.0 Å². The SMILES string of the molecule is C[C@@H](O)c1ccc(F)cc1-c1nn(C)nc1Cc1cc2c(s1)CCOC2. The minimum Gasteiger partial charge on any atom is -0.389 e. The van der Waals surface area contributed by atoms with Crippen molar-refractivity contribution in [1.82, 2.24) is 15.0 Å². The highest BCUT2D eigenvalue weighted by Gasteiger charge is 2.21. The lowest BCUT2D eigenvalue weighted by atomic mass is 9.98. The first-order valence-corrected chi connectivity index (χ1v) is 9.39. The normalized spacial score (nSPS) is 15.1. The van der Waals surface area contributed by atoms with Crippen LogP contribution in [0.15, 0.2) is 24.3 Å². The van der Waals surface area contributed by atoms with E-state index in [0.29, 0.717) is 29.8 Å². The topological polar surface area (TPSA) is 60.2 Å². The number of halogens is 1. The number of aromatic nitrogens is 3. The maximum Gasteiger partial charge on any atom is 0.123 e. The van der Waals surface area contributed by atoms with Crippen molar-refractivity contribution in [2.75, 3.05) is 6.61 Å². The Balaban J connectivity index is 1.74. The minimum absolute atomic E-state index is 0.357. The van der Waals surface area contributed by atoms with Gasteiger partial charge in [-0.25, -0.2) is 4.39 Å². The van der Waals surface area contributed by atoms with E-state index in [-0.39, 0.29) is 5.82 Å². The number of hydrogen-bond donors (Lipinski definition) is 1. The molecule has 136 valence electrons. The van der Waals surface area contributed by atoms with Crippen molar-refractivity contribution in [3.05, 3.63) is 56.7 Å². The predicted molar refractivity (Wildman–Crippen MR) is 97.5 cm³/mol. The Morgan fingerprint density at radius 2 is 2.19 bits per heavy atom. The van der Waals surface area contributed by atoms with E-state index in [1.807, 2.05) is 0 Å².